The highest BCUT2D eigenvalue weighted by molar-refractivity contribution is 5.08. The van der Waals surface area contributed by atoms with E-state index < -0.39 is 0 Å². The third-order valence-corrected chi connectivity index (χ3v) is 29.8. The molecule has 5 heterocycles. The molecule has 576 valence electrons. The zero-order valence-corrected chi connectivity index (χ0v) is 67.9. The van der Waals surface area contributed by atoms with Crippen LogP contribution < -0.4 is 0 Å². The van der Waals surface area contributed by atoms with E-state index in [4.69, 9.17) is 4.74 Å². The Labute approximate surface area is 616 Å². The summed E-state index contributed by atoms with van der Waals surface area (Å²) in [5.41, 5.74) is 1.65. The highest BCUT2D eigenvalue weighted by Gasteiger charge is 2.54. The minimum absolute atomic E-state index is 0.587. The molecule has 0 unspecified atom stereocenters. The van der Waals surface area contributed by atoms with Gasteiger partial charge in [0.2, 0.25) is 0 Å². The highest BCUT2D eigenvalue weighted by Crippen LogP contribution is 2.59. The molecule has 0 aromatic heterocycles. The lowest BCUT2D eigenvalue weighted by Gasteiger charge is -2.62. The van der Waals surface area contributed by atoms with Crippen molar-refractivity contribution in [3.63, 3.8) is 0 Å². The molecule has 2 spiro atoms. The standard InChI is InChI=1S/C20H36N2.C16H32N2.C15H29N.C14H25N.C13H25NO.C12H23N/c1-16-10-18(11-16)21(2)19-12-20(13-19)14-22(15-20)9-8-17-6-4-3-5-7-17;1-3-4-5-6-7-17-8-10-18(11-9-17)14-16-12-15(2)13-16;1-12(2)16(15-9-13(3)10-15)11-14-7-5-4-6-8-14;1-2-8-15(9-3-1)10-5-13-11-14(12-13)6-4-7-14;1-11-3-5-14(6-4-11)7-8-15-13-9-12(2)10-13;1-3-7-12(8-4-1)11-13-9-5-2-6-10-13/h16-19H,3-15H2,1-2H3;15-16H,3-14H2,1-2H3;12-15H,4-11H2,1-3H3;13H,1-12H2;11-13H,3-10H2,1-2H3;12H,1-11H2. The van der Waals surface area contributed by atoms with Crippen molar-refractivity contribution in [2.24, 2.45) is 70.0 Å². The molecule has 5 aliphatic heterocycles. The first kappa shape index (κ1) is 81.2. The van der Waals surface area contributed by atoms with E-state index in [1.807, 2.05) is 0 Å². The van der Waals surface area contributed by atoms with Gasteiger partial charge in [0.15, 0.2) is 0 Å². The van der Waals surface area contributed by atoms with Crippen LogP contribution in [-0.4, -0.2) is 207 Å². The van der Waals surface area contributed by atoms with Crippen molar-refractivity contribution in [3.05, 3.63) is 0 Å². The minimum atomic E-state index is 0.587. The SMILES string of the molecule is C1CCC(CN2CCCCC2)CC1.C1CCN(CCC2CC3(CCC3)C2)CC1.CC1CC(N(C)C2CC3(C2)CN(CCC2CCCCC2)C3)C1.CC1CC(N(CC2CCCCC2)C(C)C)C1.CC1CCN(CCOC2CC(C)C2)CC1.CCCCCCN1CCN(CC2CC(C)C2)CC1. The van der Waals surface area contributed by atoms with Crippen LogP contribution in [0.1, 0.15) is 338 Å². The lowest BCUT2D eigenvalue weighted by atomic mass is 9.51. The van der Waals surface area contributed by atoms with Crippen molar-refractivity contribution < 1.29 is 4.74 Å². The molecule has 15 rings (SSSR count). The molecule has 10 aliphatic carbocycles. The smallest absolute Gasteiger partial charge is 0.0597 e. The number of hydrogen-bond acceptors (Lipinski definition) is 9. The molecule has 0 atom stereocenters. The normalized spacial score (nSPS) is 32.8. The van der Waals surface area contributed by atoms with Crippen LogP contribution in [-0.2, 0) is 4.74 Å². The van der Waals surface area contributed by atoms with E-state index in [1.165, 1.54) is 375 Å². The van der Waals surface area contributed by atoms with Gasteiger partial charge in [-0.1, -0.05) is 151 Å². The van der Waals surface area contributed by atoms with E-state index in [0.29, 0.717) is 6.10 Å². The Morgan fingerprint density at radius 2 is 0.848 bits per heavy atom. The molecule has 0 bridgehead atoms. The van der Waals surface area contributed by atoms with E-state index >= 15 is 0 Å². The van der Waals surface area contributed by atoms with Crippen molar-refractivity contribution in [1.82, 2.24) is 39.2 Å². The van der Waals surface area contributed by atoms with Gasteiger partial charge in [-0.25, -0.2) is 0 Å². The first-order valence-corrected chi connectivity index (χ1v) is 45.6. The number of piperidine rings is 3. The zero-order chi connectivity index (χ0) is 69.2. The topological polar surface area (TPSA) is 35.2 Å². The van der Waals surface area contributed by atoms with Crippen LogP contribution in [0.5, 0.6) is 0 Å². The van der Waals surface area contributed by atoms with Gasteiger partial charge in [0, 0.05) is 89.6 Å². The molecule has 15 aliphatic rings. The predicted octanol–water partition coefficient (Wildman–Crippen LogP) is 20.5. The summed E-state index contributed by atoms with van der Waals surface area (Å²) in [6, 6.07) is 3.49. The first-order valence-electron chi connectivity index (χ1n) is 45.6. The fourth-order valence-electron chi connectivity index (χ4n) is 22.5. The summed E-state index contributed by atoms with van der Waals surface area (Å²) in [6.07, 6.45) is 65.3. The van der Waals surface area contributed by atoms with Gasteiger partial charge in [-0.15, -0.1) is 0 Å². The average Bonchev–Trinajstić information content (AvgIpc) is 0.739. The summed E-state index contributed by atoms with van der Waals surface area (Å²) in [4.78, 5) is 21.6. The van der Waals surface area contributed by atoms with E-state index in [9.17, 15) is 0 Å². The van der Waals surface area contributed by atoms with Gasteiger partial charge in [-0.2, -0.15) is 0 Å². The Morgan fingerprint density at radius 1 is 0.374 bits per heavy atom. The van der Waals surface area contributed by atoms with Crippen LogP contribution in [0.25, 0.3) is 0 Å². The maximum Gasteiger partial charge on any atom is 0.0597 e. The van der Waals surface area contributed by atoms with Gasteiger partial charge in [0.1, 0.15) is 0 Å². The summed E-state index contributed by atoms with van der Waals surface area (Å²) in [6.45, 7) is 45.6. The second kappa shape index (κ2) is 43.0. The first-order chi connectivity index (χ1) is 48.1. The monoisotopic (exact) mass is 1380 g/mol. The minimum Gasteiger partial charge on any atom is -0.377 e. The molecule has 0 N–H and O–H groups in total. The van der Waals surface area contributed by atoms with E-state index in [2.05, 4.69) is 102 Å². The third-order valence-electron chi connectivity index (χ3n) is 29.8. The summed E-state index contributed by atoms with van der Waals surface area (Å²) >= 11 is 0. The Hall–Kier alpha value is -0.360. The predicted molar refractivity (Wildman–Crippen MR) is 426 cm³/mol. The van der Waals surface area contributed by atoms with Crippen molar-refractivity contribution in [3.8, 4) is 0 Å². The lowest BCUT2D eigenvalue weighted by Crippen LogP contribution is -2.67. The third kappa shape index (κ3) is 27.7. The van der Waals surface area contributed by atoms with Gasteiger partial charge in [-0.3, -0.25) is 4.90 Å². The Balaban J connectivity index is 0.000000130. The van der Waals surface area contributed by atoms with E-state index in [-0.39, 0.29) is 0 Å². The second-order valence-electron chi connectivity index (χ2n) is 39.4. The molecular weight excluding hydrogens is 1210 g/mol. The Kier molecular flexibility index (Phi) is 35.2. The second-order valence-corrected chi connectivity index (χ2v) is 39.4. The lowest BCUT2D eigenvalue weighted by molar-refractivity contribution is -0.120. The summed E-state index contributed by atoms with van der Waals surface area (Å²) in [5.74, 6) is 10.1. The van der Waals surface area contributed by atoms with Gasteiger partial charge >= 0.3 is 0 Å². The van der Waals surface area contributed by atoms with Crippen LogP contribution in [0.3, 0.4) is 0 Å². The number of ether oxygens (including phenoxy) is 1. The van der Waals surface area contributed by atoms with Crippen molar-refractivity contribution in [2.45, 2.75) is 368 Å². The van der Waals surface area contributed by atoms with Crippen LogP contribution >= 0.6 is 0 Å². The fourth-order valence-corrected chi connectivity index (χ4v) is 22.5. The maximum atomic E-state index is 5.84. The highest BCUT2D eigenvalue weighted by atomic mass is 16.5. The molecular formula is C90H170N8O. The molecule has 10 saturated carbocycles. The largest absolute Gasteiger partial charge is 0.377 e. The van der Waals surface area contributed by atoms with Crippen LogP contribution in [0.4, 0.5) is 0 Å². The van der Waals surface area contributed by atoms with Gasteiger partial charge in [0.25, 0.3) is 0 Å². The molecule has 0 aromatic rings. The van der Waals surface area contributed by atoms with Crippen LogP contribution in [0.2, 0.25) is 0 Å². The number of hydrogen-bond donors (Lipinski definition) is 0. The van der Waals surface area contributed by atoms with Crippen molar-refractivity contribution in [2.75, 3.05) is 138 Å². The number of unbranched alkanes of at least 4 members (excludes halogenated alkanes) is 3. The fraction of sp³-hybridized carbons (Fsp3) is 1.00. The molecule has 5 saturated heterocycles. The molecule has 15 fully saturated rings. The summed E-state index contributed by atoms with van der Waals surface area (Å²) < 4.78 is 5.84. The Bertz CT molecular complexity index is 2030. The molecule has 0 radical (unpaired) electrons. The van der Waals surface area contributed by atoms with E-state index in [1.54, 1.807) is 25.7 Å². The van der Waals surface area contributed by atoms with Crippen LogP contribution in [0.15, 0.2) is 0 Å². The quantitative estimate of drug-likeness (QED) is 0.0831. The van der Waals surface area contributed by atoms with Gasteiger partial charge < -0.3 is 39.0 Å². The molecule has 9 nitrogen and oxygen atoms in total. The maximum absolute atomic E-state index is 5.84. The van der Waals surface area contributed by atoms with E-state index in [0.717, 1.165) is 107 Å². The van der Waals surface area contributed by atoms with Crippen LogP contribution in [0, 0.1) is 70.0 Å². The Morgan fingerprint density at radius 3 is 1.39 bits per heavy atom. The molecule has 0 aromatic carbocycles. The summed E-state index contributed by atoms with van der Waals surface area (Å²) in [5, 5.41) is 0. The van der Waals surface area contributed by atoms with Gasteiger partial charge in [-0.05, 0) is 323 Å². The number of likely N-dealkylation sites (tertiary alicyclic amines) is 4. The van der Waals surface area contributed by atoms with Crippen molar-refractivity contribution in [1.29, 1.82) is 0 Å². The molecule has 99 heavy (non-hydrogen) atoms. The average molecular weight is 1380 g/mol. The molecule has 9 heteroatoms. The molecule has 0 amide bonds. The number of rotatable bonds is 25. The van der Waals surface area contributed by atoms with Gasteiger partial charge in [0.05, 0.1) is 12.7 Å². The number of piperazine rings is 1. The summed E-state index contributed by atoms with van der Waals surface area (Å²) in [7, 11) is 2.40. The van der Waals surface area contributed by atoms with Crippen molar-refractivity contribution >= 4 is 0 Å². The zero-order valence-electron chi connectivity index (χ0n) is 67.9. The number of nitrogens with zero attached hydrogens (tertiary/aromatic N) is 8.